The Hall–Kier alpha value is -2.31. The van der Waals surface area contributed by atoms with Crippen molar-refractivity contribution in [3.63, 3.8) is 0 Å². The third-order valence-corrected chi connectivity index (χ3v) is 4.34. The smallest absolute Gasteiger partial charge is 0.231 e. The van der Waals surface area contributed by atoms with Gasteiger partial charge in [0.1, 0.15) is 0 Å². The van der Waals surface area contributed by atoms with Crippen molar-refractivity contribution in [2.45, 2.75) is 13.1 Å². The van der Waals surface area contributed by atoms with Gasteiger partial charge in [0.25, 0.3) is 0 Å². The highest BCUT2D eigenvalue weighted by atomic mass is 32.1. The molecule has 2 N–H and O–H groups in total. The molecule has 0 saturated heterocycles. The fourth-order valence-corrected chi connectivity index (χ4v) is 3.15. The summed E-state index contributed by atoms with van der Waals surface area (Å²) >= 11 is 1.71. The lowest BCUT2D eigenvalue weighted by Crippen LogP contribution is -2.12. The molecule has 3 heterocycles. The van der Waals surface area contributed by atoms with Crippen molar-refractivity contribution in [3.8, 4) is 22.8 Å². The van der Waals surface area contributed by atoms with E-state index in [1.165, 1.54) is 5.56 Å². The Morgan fingerprint density at radius 3 is 3.05 bits per heavy atom. The number of aromatic nitrogens is 2. The Balaban J connectivity index is 1.50. The maximum atomic E-state index is 5.44. The van der Waals surface area contributed by atoms with E-state index in [-0.39, 0.29) is 6.79 Å². The second-order valence-electron chi connectivity index (χ2n) is 5.07. The highest BCUT2D eigenvalue weighted by Gasteiger charge is 2.16. The monoisotopic (exact) mass is 313 g/mol. The molecular weight excluding hydrogens is 298 g/mol. The summed E-state index contributed by atoms with van der Waals surface area (Å²) in [7, 11) is 0. The van der Waals surface area contributed by atoms with Crippen LogP contribution in [0.3, 0.4) is 0 Å². The minimum absolute atomic E-state index is 0.289. The molecule has 0 saturated carbocycles. The molecule has 0 aliphatic carbocycles. The van der Waals surface area contributed by atoms with E-state index in [0.29, 0.717) is 0 Å². The first kappa shape index (κ1) is 13.4. The van der Waals surface area contributed by atoms with Crippen LogP contribution in [0.4, 0.5) is 0 Å². The molecule has 6 heteroatoms. The molecule has 22 heavy (non-hydrogen) atoms. The van der Waals surface area contributed by atoms with Crippen LogP contribution in [-0.2, 0) is 13.1 Å². The Bertz CT molecular complexity index is 768. The predicted octanol–water partition coefficient (Wildman–Crippen LogP) is 3.16. The summed E-state index contributed by atoms with van der Waals surface area (Å²) in [5, 5.41) is 14.9. The average Bonchev–Trinajstić information content (AvgIpc) is 3.28. The quantitative estimate of drug-likeness (QED) is 0.759. The Morgan fingerprint density at radius 1 is 1.18 bits per heavy atom. The van der Waals surface area contributed by atoms with Gasteiger partial charge in [-0.2, -0.15) is 16.4 Å². The predicted molar refractivity (Wildman–Crippen MR) is 85.0 cm³/mol. The van der Waals surface area contributed by atoms with E-state index in [1.54, 1.807) is 11.3 Å². The zero-order valence-electron chi connectivity index (χ0n) is 11.8. The summed E-state index contributed by atoms with van der Waals surface area (Å²) in [4.78, 5) is 0. The van der Waals surface area contributed by atoms with Crippen LogP contribution in [0.2, 0.25) is 0 Å². The maximum Gasteiger partial charge on any atom is 0.231 e. The van der Waals surface area contributed by atoms with Gasteiger partial charge in [-0.3, -0.25) is 5.10 Å². The SMILES string of the molecule is c1cc(CNCc2cn[nH]c2-c2ccc3c(c2)OCO3)cs1. The molecule has 1 aromatic carbocycles. The molecule has 4 rings (SSSR count). The summed E-state index contributed by atoms with van der Waals surface area (Å²) in [5.41, 5.74) is 4.50. The lowest BCUT2D eigenvalue weighted by atomic mass is 10.1. The van der Waals surface area contributed by atoms with Gasteiger partial charge in [-0.05, 0) is 40.6 Å². The second kappa shape index (κ2) is 5.82. The molecule has 0 atom stereocenters. The van der Waals surface area contributed by atoms with Crippen LogP contribution in [0.1, 0.15) is 11.1 Å². The van der Waals surface area contributed by atoms with Crippen molar-refractivity contribution in [3.05, 3.63) is 52.3 Å². The molecule has 0 amide bonds. The van der Waals surface area contributed by atoms with Crippen molar-refractivity contribution >= 4 is 11.3 Å². The number of ether oxygens (including phenoxy) is 2. The molecular formula is C16H15N3O2S. The number of benzene rings is 1. The Kier molecular flexibility index (Phi) is 3.54. The van der Waals surface area contributed by atoms with Gasteiger partial charge in [-0.1, -0.05) is 0 Å². The topological polar surface area (TPSA) is 59.2 Å². The first-order valence-electron chi connectivity index (χ1n) is 7.04. The lowest BCUT2D eigenvalue weighted by Gasteiger charge is -2.06. The fraction of sp³-hybridized carbons (Fsp3) is 0.188. The molecule has 1 aliphatic heterocycles. The zero-order valence-corrected chi connectivity index (χ0v) is 12.7. The Labute approximate surface area is 131 Å². The van der Waals surface area contributed by atoms with Gasteiger partial charge in [0.2, 0.25) is 6.79 Å². The van der Waals surface area contributed by atoms with Gasteiger partial charge in [0, 0.05) is 24.2 Å². The average molecular weight is 313 g/mol. The van der Waals surface area contributed by atoms with E-state index < -0.39 is 0 Å². The fourth-order valence-electron chi connectivity index (χ4n) is 2.48. The zero-order chi connectivity index (χ0) is 14.8. The molecule has 0 bridgehead atoms. The highest BCUT2D eigenvalue weighted by Crippen LogP contribution is 2.36. The molecule has 112 valence electrons. The van der Waals surface area contributed by atoms with Gasteiger partial charge in [-0.25, -0.2) is 0 Å². The number of nitrogens with one attached hydrogen (secondary N) is 2. The third kappa shape index (κ3) is 2.58. The number of hydrogen-bond donors (Lipinski definition) is 2. The summed E-state index contributed by atoms with van der Waals surface area (Å²) < 4.78 is 10.8. The van der Waals surface area contributed by atoms with Crippen molar-refractivity contribution in [2.24, 2.45) is 0 Å². The van der Waals surface area contributed by atoms with Gasteiger partial charge in [0.15, 0.2) is 11.5 Å². The molecule has 2 aromatic heterocycles. The van der Waals surface area contributed by atoms with Crippen molar-refractivity contribution in [2.75, 3.05) is 6.79 Å². The summed E-state index contributed by atoms with van der Waals surface area (Å²) in [5.74, 6) is 1.57. The van der Waals surface area contributed by atoms with Gasteiger partial charge in [0.05, 0.1) is 11.9 Å². The number of thiophene rings is 1. The summed E-state index contributed by atoms with van der Waals surface area (Å²) in [6, 6.07) is 8.06. The number of hydrogen-bond acceptors (Lipinski definition) is 5. The van der Waals surface area contributed by atoms with Crippen LogP contribution in [0.5, 0.6) is 11.5 Å². The van der Waals surface area contributed by atoms with E-state index in [9.17, 15) is 0 Å². The van der Waals surface area contributed by atoms with Gasteiger partial charge in [-0.15, -0.1) is 0 Å². The standard InChI is InChI=1S/C16H15N3O2S/c1-2-14-15(21-10-20-14)5-12(1)16-13(8-18-19-16)7-17-6-11-3-4-22-9-11/h1-5,8-9,17H,6-7,10H2,(H,18,19). The van der Waals surface area contributed by atoms with E-state index in [2.05, 4.69) is 32.3 Å². The van der Waals surface area contributed by atoms with Crippen LogP contribution in [0.25, 0.3) is 11.3 Å². The van der Waals surface area contributed by atoms with E-state index in [1.807, 2.05) is 24.4 Å². The lowest BCUT2D eigenvalue weighted by molar-refractivity contribution is 0.174. The molecule has 5 nitrogen and oxygen atoms in total. The number of nitrogens with zero attached hydrogens (tertiary/aromatic N) is 1. The number of aromatic amines is 1. The molecule has 0 unspecified atom stereocenters. The first-order chi connectivity index (χ1) is 10.9. The van der Waals surface area contributed by atoms with Gasteiger partial charge >= 0.3 is 0 Å². The maximum absolute atomic E-state index is 5.44. The van der Waals surface area contributed by atoms with Crippen LogP contribution in [-0.4, -0.2) is 17.0 Å². The minimum atomic E-state index is 0.289. The van der Waals surface area contributed by atoms with Crippen LogP contribution < -0.4 is 14.8 Å². The number of H-pyrrole nitrogens is 1. The molecule has 3 aromatic rings. The molecule has 0 spiro atoms. The molecule has 0 fully saturated rings. The number of fused-ring (bicyclic) bond motifs is 1. The third-order valence-electron chi connectivity index (χ3n) is 3.60. The first-order valence-corrected chi connectivity index (χ1v) is 7.98. The normalized spacial score (nSPS) is 12.7. The largest absolute Gasteiger partial charge is 0.454 e. The second-order valence-corrected chi connectivity index (χ2v) is 5.85. The van der Waals surface area contributed by atoms with Gasteiger partial charge < -0.3 is 14.8 Å². The van der Waals surface area contributed by atoms with Crippen molar-refractivity contribution in [1.82, 2.24) is 15.5 Å². The van der Waals surface area contributed by atoms with E-state index in [0.717, 1.165) is 41.4 Å². The minimum Gasteiger partial charge on any atom is -0.454 e. The number of rotatable bonds is 5. The Morgan fingerprint density at radius 2 is 2.14 bits per heavy atom. The van der Waals surface area contributed by atoms with E-state index in [4.69, 9.17) is 9.47 Å². The highest BCUT2D eigenvalue weighted by molar-refractivity contribution is 7.07. The van der Waals surface area contributed by atoms with Crippen LogP contribution in [0, 0.1) is 0 Å². The van der Waals surface area contributed by atoms with Crippen LogP contribution in [0.15, 0.2) is 41.2 Å². The summed E-state index contributed by atoms with van der Waals surface area (Å²) in [6.45, 7) is 1.90. The van der Waals surface area contributed by atoms with Crippen molar-refractivity contribution in [1.29, 1.82) is 0 Å². The summed E-state index contributed by atoms with van der Waals surface area (Å²) in [6.07, 6.45) is 1.86. The van der Waals surface area contributed by atoms with Crippen LogP contribution >= 0.6 is 11.3 Å². The molecule has 1 aliphatic rings. The van der Waals surface area contributed by atoms with E-state index >= 15 is 0 Å². The molecule has 0 radical (unpaired) electrons. The van der Waals surface area contributed by atoms with Crippen molar-refractivity contribution < 1.29 is 9.47 Å².